The van der Waals surface area contributed by atoms with Crippen molar-refractivity contribution in [3.63, 3.8) is 0 Å². The van der Waals surface area contributed by atoms with E-state index >= 15 is 0 Å². The summed E-state index contributed by atoms with van der Waals surface area (Å²) in [5.74, 6) is 5.06. The van der Waals surface area contributed by atoms with Crippen LogP contribution >= 0.6 is 45.8 Å². The van der Waals surface area contributed by atoms with Crippen molar-refractivity contribution >= 4 is 50.9 Å². The quantitative estimate of drug-likeness (QED) is 0.413. The van der Waals surface area contributed by atoms with Gasteiger partial charge < -0.3 is 28.4 Å². The number of hydrogen-bond donors (Lipinski definition) is 0. The average Bonchev–Trinajstić information content (AvgIpc) is 3.52. The summed E-state index contributed by atoms with van der Waals surface area (Å²) in [4.78, 5) is 15.4. The molecule has 0 unspecified atom stereocenters. The summed E-state index contributed by atoms with van der Waals surface area (Å²) in [6, 6.07) is 0. The highest BCUT2D eigenvalue weighted by atomic mass is 32.2. The average molecular weight is 539 g/mol. The fraction of sp³-hybridized carbons (Fsp3) is 0.435. The summed E-state index contributed by atoms with van der Waals surface area (Å²) in [5.41, 5.74) is -0.315. The lowest BCUT2D eigenvalue weighted by atomic mass is 9.96. The van der Waals surface area contributed by atoms with Gasteiger partial charge in [-0.15, -0.1) is 34.0 Å². The second-order valence-corrected chi connectivity index (χ2v) is 12.4. The third kappa shape index (κ3) is 3.92. The van der Waals surface area contributed by atoms with Crippen LogP contribution in [0.1, 0.15) is 13.8 Å². The largest absolute Gasteiger partial charge is 0.487 e. The first-order valence-corrected chi connectivity index (χ1v) is 14.4. The molecule has 0 amide bonds. The van der Waals surface area contributed by atoms with Crippen molar-refractivity contribution in [3.05, 3.63) is 10.8 Å². The summed E-state index contributed by atoms with van der Waals surface area (Å²) >= 11 is 6.06. The van der Waals surface area contributed by atoms with Crippen LogP contribution in [0, 0.1) is 5.41 Å². The van der Waals surface area contributed by atoms with Gasteiger partial charge in [0.15, 0.2) is 39.6 Å². The third-order valence-electron chi connectivity index (χ3n) is 5.59. The van der Waals surface area contributed by atoms with Gasteiger partial charge in [0.25, 0.3) is 0 Å². The van der Waals surface area contributed by atoms with Gasteiger partial charge in [0.1, 0.15) is 26.4 Å². The number of thiophene rings is 3. The van der Waals surface area contributed by atoms with Gasteiger partial charge in [-0.2, -0.15) is 0 Å². The molecule has 6 heterocycles. The Labute approximate surface area is 212 Å². The first-order chi connectivity index (χ1) is 16.5. The molecule has 0 bridgehead atoms. The van der Waals surface area contributed by atoms with E-state index in [-0.39, 0.29) is 10.5 Å². The molecule has 7 nitrogen and oxygen atoms in total. The van der Waals surface area contributed by atoms with Gasteiger partial charge in [0.05, 0.1) is 32.7 Å². The second kappa shape index (κ2) is 8.85. The van der Waals surface area contributed by atoms with E-state index in [1.807, 2.05) is 10.8 Å². The standard InChI is InChI=1S/C23H22O7S4/c1-12(24)33-11-23(2)9-29-17-18(30-10-23)22(20-16-14(8-32-20)26-4-6-28-16)34-21(17)19-15-13(7-31-19)25-3-5-27-15/h7-8H,3-6,9-11H2,1-2H3. The van der Waals surface area contributed by atoms with Gasteiger partial charge in [0, 0.05) is 28.9 Å². The first kappa shape index (κ1) is 22.4. The second-order valence-electron chi connectivity index (χ2n) is 8.50. The summed E-state index contributed by atoms with van der Waals surface area (Å²) in [6.07, 6.45) is 0. The lowest BCUT2D eigenvalue weighted by Gasteiger charge is -2.25. The Bertz CT molecular complexity index is 1160. The maximum absolute atomic E-state index is 11.6. The van der Waals surface area contributed by atoms with Crippen molar-refractivity contribution in [2.75, 3.05) is 45.4 Å². The molecule has 6 rings (SSSR count). The van der Waals surface area contributed by atoms with Gasteiger partial charge in [-0.05, 0) is 0 Å². The number of carbonyl (C=O) groups excluding carboxylic acids is 1. The molecule has 0 aliphatic carbocycles. The van der Waals surface area contributed by atoms with E-state index in [0.29, 0.717) is 56.9 Å². The van der Waals surface area contributed by atoms with Crippen LogP contribution in [0.4, 0.5) is 0 Å². The summed E-state index contributed by atoms with van der Waals surface area (Å²) in [7, 11) is 0. The molecule has 0 atom stereocenters. The van der Waals surface area contributed by atoms with Crippen LogP contribution in [0.25, 0.3) is 19.5 Å². The Morgan fingerprint density at radius 1 is 0.794 bits per heavy atom. The molecule has 3 aliphatic rings. The molecule has 0 fully saturated rings. The van der Waals surface area contributed by atoms with Crippen LogP contribution in [-0.4, -0.2) is 50.5 Å². The number of ether oxygens (including phenoxy) is 6. The Balaban J connectivity index is 1.45. The van der Waals surface area contributed by atoms with Crippen LogP contribution in [0.3, 0.4) is 0 Å². The van der Waals surface area contributed by atoms with Gasteiger partial charge in [-0.3, -0.25) is 4.79 Å². The van der Waals surface area contributed by atoms with Crippen LogP contribution in [-0.2, 0) is 4.79 Å². The summed E-state index contributed by atoms with van der Waals surface area (Å²) in [6.45, 7) is 6.67. The Kier molecular flexibility index (Phi) is 5.83. The SMILES string of the molecule is CC(=O)SCC1(C)COc2c(-c3scc4c3OCCO4)sc(-c3scc4c3OCCO4)c2OC1. The smallest absolute Gasteiger partial charge is 0.185 e. The zero-order valence-electron chi connectivity index (χ0n) is 18.6. The van der Waals surface area contributed by atoms with Gasteiger partial charge >= 0.3 is 0 Å². The van der Waals surface area contributed by atoms with Gasteiger partial charge in [0.2, 0.25) is 0 Å². The van der Waals surface area contributed by atoms with E-state index in [1.165, 1.54) is 11.8 Å². The lowest BCUT2D eigenvalue weighted by molar-refractivity contribution is -0.109. The minimum absolute atomic E-state index is 0.0887. The van der Waals surface area contributed by atoms with E-state index in [1.54, 1.807) is 40.9 Å². The van der Waals surface area contributed by atoms with Crippen molar-refractivity contribution in [3.8, 4) is 54.0 Å². The maximum Gasteiger partial charge on any atom is 0.185 e. The van der Waals surface area contributed by atoms with E-state index < -0.39 is 0 Å². The molecule has 34 heavy (non-hydrogen) atoms. The third-order valence-corrected chi connectivity index (χ3v) is 10.2. The van der Waals surface area contributed by atoms with E-state index in [0.717, 1.165) is 42.5 Å². The molecule has 0 spiro atoms. The van der Waals surface area contributed by atoms with Crippen LogP contribution in [0.15, 0.2) is 10.8 Å². The number of thioether (sulfide) groups is 1. The van der Waals surface area contributed by atoms with E-state index in [2.05, 4.69) is 6.92 Å². The van der Waals surface area contributed by atoms with Crippen LogP contribution in [0.2, 0.25) is 0 Å². The highest BCUT2D eigenvalue weighted by Crippen LogP contribution is 2.61. The van der Waals surface area contributed by atoms with Gasteiger partial charge in [-0.1, -0.05) is 18.7 Å². The molecule has 180 valence electrons. The highest BCUT2D eigenvalue weighted by molar-refractivity contribution is 8.13. The Hall–Kier alpha value is -2.08. The minimum Gasteiger partial charge on any atom is -0.487 e. The van der Waals surface area contributed by atoms with E-state index in [9.17, 15) is 4.79 Å². The maximum atomic E-state index is 11.6. The number of hydrogen-bond acceptors (Lipinski definition) is 11. The zero-order chi connectivity index (χ0) is 23.3. The van der Waals surface area contributed by atoms with Crippen molar-refractivity contribution in [1.82, 2.24) is 0 Å². The molecular weight excluding hydrogens is 517 g/mol. The van der Waals surface area contributed by atoms with Crippen molar-refractivity contribution in [2.45, 2.75) is 13.8 Å². The van der Waals surface area contributed by atoms with E-state index in [4.69, 9.17) is 28.4 Å². The molecule has 0 N–H and O–H groups in total. The molecule has 3 aromatic heterocycles. The number of rotatable bonds is 4. The monoisotopic (exact) mass is 538 g/mol. The molecule has 11 heteroatoms. The van der Waals surface area contributed by atoms with Crippen LogP contribution < -0.4 is 28.4 Å². The Morgan fingerprint density at radius 3 is 1.79 bits per heavy atom. The predicted molar refractivity (Wildman–Crippen MR) is 135 cm³/mol. The minimum atomic E-state index is -0.315. The Morgan fingerprint density at radius 2 is 1.29 bits per heavy atom. The molecule has 0 saturated carbocycles. The predicted octanol–water partition coefficient (Wildman–Crippen LogP) is 5.80. The highest BCUT2D eigenvalue weighted by Gasteiger charge is 2.38. The molecule has 3 aromatic rings. The molecular formula is C23H22O7S4. The molecule has 3 aliphatic heterocycles. The van der Waals surface area contributed by atoms with Crippen molar-refractivity contribution in [2.24, 2.45) is 5.41 Å². The topological polar surface area (TPSA) is 72.5 Å². The number of fused-ring (bicyclic) bond motifs is 3. The van der Waals surface area contributed by atoms with Gasteiger partial charge in [-0.25, -0.2) is 0 Å². The van der Waals surface area contributed by atoms with Crippen molar-refractivity contribution < 1.29 is 33.2 Å². The van der Waals surface area contributed by atoms with Crippen LogP contribution in [0.5, 0.6) is 34.5 Å². The normalized spacial score (nSPS) is 17.8. The lowest BCUT2D eigenvalue weighted by Crippen LogP contribution is -2.33. The fourth-order valence-electron chi connectivity index (χ4n) is 3.89. The van der Waals surface area contributed by atoms with Crippen molar-refractivity contribution in [1.29, 1.82) is 0 Å². The zero-order valence-corrected chi connectivity index (χ0v) is 21.9. The summed E-state index contributed by atoms with van der Waals surface area (Å²) < 4.78 is 36.5. The molecule has 0 radical (unpaired) electrons. The fourth-order valence-corrected chi connectivity index (χ4v) is 7.95. The first-order valence-electron chi connectivity index (χ1n) is 10.8. The number of carbonyl (C=O) groups is 1. The molecule has 0 saturated heterocycles. The summed E-state index contributed by atoms with van der Waals surface area (Å²) in [5, 5.41) is 4.04. The molecule has 0 aromatic carbocycles.